The van der Waals surface area contributed by atoms with E-state index in [0.717, 1.165) is 25.3 Å². The van der Waals surface area contributed by atoms with Gasteiger partial charge >= 0.3 is 0 Å². The van der Waals surface area contributed by atoms with Crippen LogP contribution in [0.5, 0.6) is 5.75 Å². The molecule has 32 heavy (non-hydrogen) atoms. The number of aromatic nitrogens is 4. The lowest BCUT2D eigenvalue weighted by Crippen LogP contribution is -2.26. The van der Waals surface area contributed by atoms with Crippen LogP contribution in [0.25, 0.3) is 0 Å². The van der Waals surface area contributed by atoms with E-state index < -0.39 is 17.8 Å². The van der Waals surface area contributed by atoms with E-state index in [9.17, 15) is 9.18 Å². The van der Waals surface area contributed by atoms with Gasteiger partial charge in [-0.2, -0.15) is 5.10 Å². The van der Waals surface area contributed by atoms with Crippen molar-refractivity contribution in [2.75, 3.05) is 42.8 Å². The van der Waals surface area contributed by atoms with E-state index in [2.05, 4.69) is 35.9 Å². The lowest BCUT2D eigenvalue weighted by molar-refractivity contribution is -0.126. The monoisotopic (exact) mass is 459 g/mol. The third-order valence-electron chi connectivity index (χ3n) is 5.00. The summed E-state index contributed by atoms with van der Waals surface area (Å²) in [7, 11) is 2.76. The van der Waals surface area contributed by atoms with Crippen LogP contribution in [0.1, 0.15) is 18.1 Å². The Morgan fingerprint density at radius 3 is 2.84 bits per heavy atom. The van der Waals surface area contributed by atoms with Crippen LogP contribution >= 0.6 is 11.3 Å². The number of benzene rings is 1. The van der Waals surface area contributed by atoms with Crippen LogP contribution in [0.3, 0.4) is 0 Å². The van der Waals surface area contributed by atoms with E-state index in [4.69, 9.17) is 9.47 Å². The average Bonchev–Trinajstić information content (AvgIpc) is 3.46. The van der Waals surface area contributed by atoms with Crippen LogP contribution in [-0.4, -0.2) is 59.7 Å². The van der Waals surface area contributed by atoms with E-state index in [1.54, 1.807) is 6.20 Å². The van der Waals surface area contributed by atoms with E-state index in [-0.39, 0.29) is 11.8 Å². The van der Waals surface area contributed by atoms with Gasteiger partial charge in [0.05, 0.1) is 7.11 Å². The number of amides is 1. The highest BCUT2D eigenvalue weighted by Gasteiger charge is 2.26. The number of hydrogen-bond acceptors (Lipinski definition) is 10. The number of nitrogens with one attached hydrogen (secondary N) is 2. The molecular weight excluding hydrogens is 437 g/mol. The van der Waals surface area contributed by atoms with E-state index in [0.29, 0.717) is 15.8 Å². The minimum Gasteiger partial charge on any atom is -0.494 e. The second kappa shape index (κ2) is 9.83. The first kappa shape index (κ1) is 21.8. The normalized spacial score (nSPS) is 16.6. The third-order valence-corrected chi connectivity index (χ3v) is 5.77. The average molecular weight is 460 g/mol. The third kappa shape index (κ3) is 4.92. The molecule has 0 radical (unpaired) electrons. The van der Waals surface area contributed by atoms with Gasteiger partial charge in [0.1, 0.15) is 0 Å². The lowest BCUT2D eigenvalue weighted by atomic mass is 10.1. The number of anilines is 3. The molecule has 2 aromatic heterocycles. The van der Waals surface area contributed by atoms with Crippen molar-refractivity contribution in [3.05, 3.63) is 47.9 Å². The Morgan fingerprint density at radius 1 is 1.25 bits per heavy atom. The standard InChI is InChI=1S/C20H22FN7O3S/c1-30-15-10-12(5-6-14(15)21)17(31-2)18(29)24-20-27-26-19(32-20)23-13-7-9-28(11-13)16-4-3-8-22-25-16/h3-6,8,10,13,17H,7,9,11H2,1-2H3,(H,23,26)(H,24,27,29). The molecule has 0 saturated carbocycles. The van der Waals surface area contributed by atoms with E-state index >= 15 is 0 Å². The molecule has 2 atom stereocenters. The van der Waals surface area contributed by atoms with Crippen LogP contribution in [0, 0.1) is 5.82 Å². The van der Waals surface area contributed by atoms with Gasteiger partial charge < -0.3 is 19.7 Å². The number of hydrogen-bond donors (Lipinski definition) is 2. The molecule has 3 aromatic rings. The molecule has 0 aliphatic carbocycles. The molecule has 3 heterocycles. The fourth-order valence-corrected chi connectivity index (χ4v) is 4.18. The highest BCUT2D eigenvalue weighted by molar-refractivity contribution is 7.19. The van der Waals surface area contributed by atoms with Crippen LogP contribution in [0.2, 0.25) is 0 Å². The molecule has 1 fully saturated rings. The Morgan fingerprint density at radius 2 is 2.09 bits per heavy atom. The van der Waals surface area contributed by atoms with Gasteiger partial charge in [0.25, 0.3) is 5.91 Å². The van der Waals surface area contributed by atoms with Crippen molar-refractivity contribution in [2.24, 2.45) is 0 Å². The van der Waals surface area contributed by atoms with E-state index in [1.807, 2.05) is 12.1 Å². The minimum atomic E-state index is -0.958. The molecule has 10 nitrogen and oxygen atoms in total. The summed E-state index contributed by atoms with van der Waals surface area (Å²) in [6, 6.07) is 8.09. The number of carbonyl (C=O) groups is 1. The summed E-state index contributed by atoms with van der Waals surface area (Å²) in [6.07, 6.45) is 1.60. The minimum absolute atomic E-state index is 0.0341. The number of nitrogens with zero attached hydrogens (tertiary/aromatic N) is 5. The molecule has 1 aliphatic heterocycles. The van der Waals surface area contributed by atoms with Gasteiger partial charge in [0.15, 0.2) is 23.5 Å². The molecule has 168 valence electrons. The molecule has 2 unspecified atom stereocenters. The van der Waals surface area contributed by atoms with Crippen molar-refractivity contribution >= 4 is 33.3 Å². The summed E-state index contributed by atoms with van der Waals surface area (Å²) in [5.74, 6) is -0.0911. The smallest absolute Gasteiger partial charge is 0.259 e. The summed E-state index contributed by atoms with van der Waals surface area (Å²) in [5, 5.41) is 23.2. The quantitative estimate of drug-likeness (QED) is 0.524. The van der Waals surface area contributed by atoms with Crippen molar-refractivity contribution < 1.29 is 18.7 Å². The Labute approximate surface area is 187 Å². The zero-order chi connectivity index (χ0) is 22.5. The SMILES string of the molecule is COc1cc(C(OC)C(=O)Nc2nnc(NC3CCN(c4cccnn4)C3)s2)ccc1F. The maximum Gasteiger partial charge on any atom is 0.259 e. The largest absolute Gasteiger partial charge is 0.494 e. The zero-order valence-corrected chi connectivity index (χ0v) is 18.3. The van der Waals surface area contributed by atoms with Gasteiger partial charge in [-0.15, -0.1) is 15.3 Å². The van der Waals surface area contributed by atoms with Crippen molar-refractivity contribution in [2.45, 2.75) is 18.6 Å². The second-order valence-electron chi connectivity index (χ2n) is 7.07. The van der Waals surface area contributed by atoms with Gasteiger partial charge in [0, 0.05) is 32.4 Å². The summed E-state index contributed by atoms with van der Waals surface area (Å²) in [4.78, 5) is 14.9. The van der Waals surface area contributed by atoms with Crippen molar-refractivity contribution in [1.29, 1.82) is 0 Å². The predicted octanol–water partition coefficient (Wildman–Crippen LogP) is 2.49. The zero-order valence-electron chi connectivity index (χ0n) is 17.5. The van der Waals surface area contributed by atoms with Crippen LogP contribution in [0.15, 0.2) is 36.5 Å². The maximum absolute atomic E-state index is 13.7. The fourth-order valence-electron chi connectivity index (χ4n) is 3.46. The molecule has 0 bridgehead atoms. The van der Waals surface area contributed by atoms with Gasteiger partial charge in [-0.1, -0.05) is 17.4 Å². The molecule has 12 heteroatoms. The molecule has 1 aromatic carbocycles. The number of rotatable bonds is 8. The topological polar surface area (TPSA) is 114 Å². The number of ether oxygens (including phenoxy) is 2. The van der Waals surface area contributed by atoms with Gasteiger partial charge in [-0.05, 0) is 36.2 Å². The Balaban J connectivity index is 1.36. The molecule has 0 spiro atoms. The molecule has 1 aliphatic rings. The molecule has 2 N–H and O–H groups in total. The Bertz CT molecular complexity index is 1070. The molecular formula is C20H22FN7O3S. The highest BCUT2D eigenvalue weighted by Crippen LogP contribution is 2.28. The van der Waals surface area contributed by atoms with E-state index in [1.165, 1.54) is 43.8 Å². The number of methoxy groups -OCH3 is 2. The van der Waals surface area contributed by atoms with Crippen molar-refractivity contribution in [1.82, 2.24) is 20.4 Å². The van der Waals surface area contributed by atoms with Crippen molar-refractivity contribution in [3.8, 4) is 5.75 Å². The highest BCUT2D eigenvalue weighted by atomic mass is 32.1. The van der Waals surface area contributed by atoms with Crippen LogP contribution in [-0.2, 0) is 9.53 Å². The Hall–Kier alpha value is -3.38. The predicted molar refractivity (Wildman–Crippen MR) is 118 cm³/mol. The fraction of sp³-hybridized carbons (Fsp3) is 0.350. The number of halogens is 1. The van der Waals surface area contributed by atoms with Gasteiger partial charge in [0.2, 0.25) is 10.3 Å². The van der Waals surface area contributed by atoms with Crippen LogP contribution < -0.4 is 20.3 Å². The first-order valence-electron chi connectivity index (χ1n) is 9.87. The summed E-state index contributed by atoms with van der Waals surface area (Å²) >= 11 is 1.23. The Kier molecular flexibility index (Phi) is 6.71. The summed E-state index contributed by atoms with van der Waals surface area (Å²) in [6.45, 7) is 1.62. The summed E-state index contributed by atoms with van der Waals surface area (Å²) < 4.78 is 24.0. The first-order valence-corrected chi connectivity index (χ1v) is 10.7. The molecule has 1 saturated heterocycles. The first-order chi connectivity index (χ1) is 15.6. The van der Waals surface area contributed by atoms with Gasteiger partial charge in [-0.3, -0.25) is 10.1 Å². The maximum atomic E-state index is 13.7. The molecule has 4 rings (SSSR count). The van der Waals surface area contributed by atoms with Crippen LogP contribution in [0.4, 0.5) is 20.5 Å². The summed E-state index contributed by atoms with van der Waals surface area (Å²) in [5.41, 5.74) is 0.459. The second-order valence-corrected chi connectivity index (χ2v) is 8.05. The lowest BCUT2D eigenvalue weighted by Gasteiger charge is -2.16. The van der Waals surface area contributed by atoms with Crippen molar-refractivity contribution in [3.63, 3.8) is 0 Å². The van der Waals surface area contributed by atoms with Gasteiger partial charge in [-0.25, -0.2) is 4.39 Å². The number of carbonyl (C=O) groups excluding carboxylic acids is 1. The molecule has 1 amide bonds.